The van der Waals surface area contributed by atoms with Crippen LogP contribution in [0.1, 0.15) is 18.2 Å². The number of ether oxygens (including phenoxy) is 2. The molecule has 0 aliphatic heterocycles. The van der Waals surface area contributed by atoms with E-state index in [-0.39, 0.29) is 39.5 Å². The van der Waals surface area contributed by atoms with Gasteiger partial charge in [-0.15, -0.1) is 11.3 Å². The zero-order chi connectivity index (χ0) is 21.3. The minimum atomic E-state index is -3.94. The Morgan fingerprint density at radius 3 is 2.10 bits per heavy atom. The molecule has 3 aromatic rings. The van der Waals surface area contributed by atoms with E-state index in [1.165, 1.54) is 6.07 Å². The van der Waals surface area contributed by atoms with E-state index in [2.05, 4.69) is 4.74 Å². The third-order valence-corrected chi connectivity index (χ3v) is 5.08. The van der Waals surface area contributed by atoms with Crippen LogP contribution in [-0.2, 0) is 6.42 Å². The van der Waals surface area contributed by atoms with Crippen molar-refractivity contribution in [2.24, 2.45) is 0 Å². The molecule has 0 bridgehead atoms. The molecule has 10 heteroatoms. The molecule has 0 radical (unpaired) electrons. The van der Waals surface area contributed by atoms with E-state index in [0.717, 1.165) is 17.4 Å². The van der Waals surface area contributed by atoms with Gasteiger partial charge in [-0.25, -0.2) is 22.0 Å². The lowest BCUT2D eigenvalue weighted by Gasteiger charge is -2.18. The lowest BCUT2D eigenvalue weighted by molar-refractivity contribution is -0.180. The summed E-state index contributed by atoms with van der Waals surface area (Å²) in [5, 5.41) is -0.333. The van der Waals surface area contributed by atoms with Gasteiger partial charge in [0, 0.05) is 27.8 Å². The molecule has 3 rings (SSSR count). The number of benzene rings is 2. The van der Waals surface area contributed by atoms with E-state index in [1.807, 2.05) is 0 Å². The highest BCUT2D eigenvalue weighted by Gasteiger charge is 2.33. The molecular formula is C19H13F7O2S. The fourth-order valence-corrected chi connectivity index (χ4v) is 3.78. The number of aryl methyl sites for hydroxylation is 1. The van der Waals surface area contributed by atoms with Crippen molar-refractivity contribution in [2.45, 2.75) is 25.9 Å². The van der Waals surface area contributed by atoms with Gasteiger partial charge in [0.2, 0.25) is 0 Å². The Labute approximate surface area is 164 Å². The van der Waals surface area contributed by atoms with Crippen molar-refractivity contribution in [3.8, 4) is 11.5 Å². The van der Waals surface area contributed by atoms with Crippen LogP contribution in [0.2, 0.25) is 0 Å². The molecule has 1 aromatic heterocycles. The second kappa shape index (κ2) is 8.10. The largest absolute Gasteiger partial charge is 0.494 e. The van der Waals surface area contributed by atoms with Crippen LogP contribution in [-0.4, -0.2) is 12.7 Å². The standard InChI is InChI=1S/C19H13F7O2S/c1-2-27-9-5-11(20)16-15(8-9)29-14(18(16)24)3-4-19(25,26)28-10-6-12(21)17(23)13(22)7-10/h5-8H,2-4H2,1H3. The van der Waals surface area contributed by atoms with E-state index >= 15 is 0 Å². The van der Waals surface area contributed by atoms with E-state index < -0.39 is 53.8 Å². The minimum absolute atomic E-state index is 0.146. The predicted molar refractivity (Wildman–Crippen MR) is 93.1 cm³/mol. The van der Waals surface area contributed by atoms with E-state index in [0.29, 0.717) is 0 Å². The normalized spacial score (nSPS) is 11.9. The zero-order valence-corrected chi connectivity index (χ0v) is 15.6. The van der Waals surface area contributed by atoms with Crippen LogP contribution in [0.4, 0.5) is 30.7 Å². The molecule has 0 fully saturated rings. The van der Waals surface area contributed by atoms with Crippen LogP contribution >= 0.6 is 11.3 Å². The lowest BCUT2D eigenvalue weighted by Crippen LogP contribution is -2.25. The molecule has 2 nitrogen and oxygen atoms in total. The molecule has 2 aromatic carbocycles. The monoisotopic (exact) mass is 438 g/mol. The molecule has 1 heterocycles. The fraction of sp³-hybridized carbons (Fsp3) is 0.263. The molecule has 0 aliphatic rings. The van der Waals surface area contributed by atoms with Crippen molar-refractivity contribution < 1.29 is 40.2 Å². The number of thiophene rings is 1. The Morgan fingerprint density at radius 1 is 0.862 bits per heavy atom. The fourth-order valence-electron chi connectivity index (χ4n) is 2.65. The molecule has 0 spiro atoms. The summed E-state index contributed by atoms with van der Waals surface area (Å²) in [7, 11) is 0. The van der Waals surface area contributed by atoms with Gasteiger partial charge in [0.1, 0.15) is 23.1 Å². The molecule has 0 aliphatic carbocycles. The summed E-state index contributed by atoms with van der Waals surface area (Å²) < 4.78 is 105. The Hall–Kier alpha value is -2.49. The highest BCUT2D eigenvalue weighted by Crippen LogP contribution is 2.37. The molecule has 0 unspecified atom stereocenters. The van der Waals surface area contributed by atoms with Gasteiger partial charge >= 0.3 is 6.11 Å². The summed E-state index contributed by atoms with van der Waals surface area (Å²) >= 11 is 0.778. The van der Waals surface area contributed by atoms with Crippen molar-refractivity contribution in [3.63, 3.8) is 0 Å². The first-order valence-electron chi connectivity index (χ1n) is 8.36. The first-order valence-corrected chi connectivity index (χ1v) is 9.17. The Kier molecular flexibility index (Phi) is 5.92. The van der Waals surface area contributed by atoms with E-state index in [9.17, 15) is 30.7 Å². The molecule has 29 heavy (non-hydrogen) atoms. The Balaban J connectivity index is 1.78. The topological polar surface area (TPSA) is 18.5 Å². The molecular weight excluding hydrogens is 425 g/mol. The average Bonchev–Trinajstić information content (AvgIpc) is 2.94. The zero-order valence-electron chi connectivity index (χ0n) is 14.8. The molecule has 0 N–H and O–H groups in total. The summed E-state index contributed by atoms with van der Waals surface area (Å²) in [4.78, 5) is -0.146. The molecule has 0 atom stereocenters. The third-order valence-electron chi connectivity index (χ3n) is 3.90. The number of fused-ring (bicyclic) bond motifs is 1. The second-order valence-electron chi connectivity index (χ2n) is 5.99. The second-order valence-corrected chi connectivity index (χ2v) is 7.13. The summed E-state index contributed by atoms with van der Waals surface area (Å²) in [6.07, 6.45) is -5.53. The highest BCUT2D eigenvalue weighted by atomic mass is 32.1. The van der Waals surface area contributed by atoms with Crippen LogP contribution < -0.4 is 9.47 Å². The van der Waals surface area contributed by atoms with Gasteiger partial charge in [-0.2, -0.15) is 8.78 Å². The van der Waals surface area contributed by atoms with Crippen molar-refractivity contribution in [3.05, 3.63) is 58.2 Å². The predicted octanol–water partition coefficient (Wildman–Crippen LogP) is 6.60. The van der Waals surface area contributed by atoms with Crippen molar-refractivity contribution in [1.82, 2.24) is 0 Å². The highest BCUT2D eigenvalue weighted by molar-refractivity contribution is 7.19. The number of alkyl halides is 2. The van der Waals surface area contributed by atoms with Crippen molar-refractivity contribution >= 4 is 21.4 Å². The summed E-state index contributed by atoms with van der Waals surface area (Å²) in [6.45, 7) is 1.95. The van der Waals surface area contributed by atoms with Gasteiger partial charge in [0.25, 0.3) is 0 Å². The number of rotatable bonds is 7. The van der Waals surface area contributed by atoms with Gasteiger partial charge in [0.05, 0.1) is 18.4 Å². The molecule has 0 saturated carbocycles. The Morgan fingerprint density at radius 2 is 1.48 bits per heavy atom. The molecule has 0 amide bonds. The van der Waals surface area contributed by atoms with Gasteiger partial charge in [-0.3, -0.25) is 0 Å². The molecule has 156 valence electrons. The molecule has 0 saturated heterocycles. The lowest BCUT2D eigenvalue weighted by atomic mass is 10.2. The number of hydrogen-bond acceptors (Lipinski definition) is 3. The van der Waals surface area contributed by atoms with Crippen LogP contribution in [0.3, 0.4) is 0 Å². The quantitative estimate of drug-likeness (QED) is 0.306. The van der Waals surface area contributed by atoms with Gasteiger partial charge < -0.3 is 9.47 Å². The number of hydrogen-bond donors (Lipinski definition) is 0. The van der Waals surface area contributed by atoms with Crippen LogP contribution in [0.25, 0.3) is 10.1 Å². The maximum absolute atomic E-state index is 14.5. The third kappa shape index (κ3) is 4.58. The summed E-state index contributed by atoms with van der Waals surface area (Å²) in [5.41, 5.74) is 0. The average molecular weight is 438 g/mol. The summed E-state index contributed by atoms with van der Waals surface area (Å²) in [5.74, 6) is -7.79. The first kappa shape index (κ1) is 21.2. The first-order chi connectivity index (χ1) is 13.6. The van der Waals surface area contributed by atoms with Crippen LogP contribution in [0.5, 0.6) is 11.5 Å². The summed E-state index contributed by atoms with van der Waals surface area (Å²) in [6, 6.07) is 2.95. The maximum Gasteiger partial charge on any atom is 0.398 e. The smallest absolute Gasteiger partial charge is 0.398 e. The van der Waals surface area contributed by atoms with Crippen molar-refractivity contribution in [1.29, 1.82) is 0 Å². The van der Waals surface area contributed by atoms with Crippen LogP contribution in [0.15, 0.2) is 24.3 Å². The Bertz CT molecular complexity index is 1030. The van der Waals surface area contributed by atoms with Gasteiger partial charge in [-0.1, -0.05) is 0 Å². The maximum atomic E-state index is 14.5. The van der Waals surface area contributed by atoms with E-state index in [1.54, 1.807) is 6.92 Å². The SMILES string of the molecule is CCOc1cc(F)c2c(F)c(CCC(F)(F)Oc3cc(F)c(F)c(F)c3)sc2c1. The minimum Gasteiger partial charge on any atom is -0.494 e. The van der Waals surface area contributed by atoms with Crippen LogP contribution in [0, 0.1) is 29.1 Å². The van der Waals surface area contributed by atoms with E-state index in [4.69, 9.17) is 4.74 Å². The van der Waals surface area contributed by atoms with Gasteiger partial charge in [0.15, 0.2) is 17.5 Å². The van der Waals surface area contributed by atoms with Gasteiger partial charge in [-0.05, 0) is 19.4 Å². The number of halogens is 7. The van der Waals surface area contributed by atoms with Crippen molar-refractivity contribution in [2.75, 3.05) is 6.61 Å².